The van der Waals surface area contributed by atoms with Crippen LogP contribution in [0.2, 0.25) is 5.02 Å². The van der Waals surface area contributed by atoms with Crippen molar-refractivity contribution in [3.63, 3.8) is 0 Å². The third kappa shape index (κ3) is 5.25. The van der Waals surface area contributed by atoms with Gasteiger partial charge >= 0.3 is 0 Å². The molecule has 2 amide bonds. The lowest BCUT2D eigenvalue weighted by atomic mass is 10.00. The number of piperidine rings is 1. The van der Waals surface area contributed by atoms with E-state index in [2.05, 4.69) is 16.0 Å². The zero-order valence-corrected chi connectivity index (χ0v) is 18.7. The molecule has 3 heterocycles. The van der Waals surface area contributed by atoms with E-state index in [9.17, 15) is 9.59 Å². The summed E-state index contributed by atoms with van der Waals surface area (Å²) < 4.78 is 0. The minimum absolute atomic E-state index is 0.00147. The Balaban J connectivity index is 1.27. The van der Waals surface area contributed by atoms with Crippen molar-refractivity contribution in [3.8, 4) is 0 Å². The topological polar surface area (TPSA) is 56.8 Å². The molecule has 1 aromatic heterocycles. The fraction of sp³-hybridized carbons (Fsp3) is 0.458. The predicted molar refractivity (Wildman–Crippen MR) is 122 cm³/mol. The highest BCUT2D eigenvalue weighted by Crippen LogP contribution is 2.28. The summed E-state index contributed by atoms with van der Waals surface area (Å²) in [6.45, 7) is 3.40. The summed E-state index contributed by atoms with van der Waals surface area (Å²) in [5.41, 5.74) is 1.92. The van der Waals surface area contributed by atoms with E-state index in [1.54, 1.807) is 17.0 Å². The third-order valence-corrected chi connectivity index (χ3v) is 6.73. The van der Waals surface area contributed by atoms with Crippen molar-refractivity contribution in [2.75, 3.05) is 38.1 Å². The lowest BCUT2D eigenvalue weighted by molar-refractivity contribution is -0.137. The molecular formula is C24H29ClN4O2. The first kappa shape index (κ1) is 21.8. The van der Waals surface area contributed by atoms with Gasteiger partial charge in [0, 0.05) is 74.7 Å². The standard InChI is InChI=1S/C24H29ClN4O2/c1-27(21-10-14-28(15-11-21)13-9-20-4-2-3-12-26-20)24(31)18-16-23(30)29(17-18)22-7-5-19(25)6-8-22/h2-8,12,18,21H,9-11,13-17H2,1H3. The summed E-state index contributed by atoms with van der Waals surface area (Å²) in [5.74, 6) is -0.203. The van der Waals surface area contributed by atoms with E-state index in [0.29, 0.717) is 11.6 Å². The Bertz CT molecular complexity index is 898. The van der Waals surface area contributed by atoms with Crippen LogP contribution in [0.25, 0.3) is 0 Å². The molecule has 2 aromatic rings. The minimum atomic E-state index is -0.282. The fourth-order valence-corrected chi connectivity index (χ4v) is 4.69. The number of carbonyl (C=O) groups is 2. The number of benzene rings is 1. The Hall–Kier alpha value is -2.44. The van der Waals surface area contributed by atoms with Gasteiger partial charge in [0.15, 0.2) is 0 Å². The number of hydrogen-bond donors (Lipinski definition) is 0. The monoisotopic (exact) mass is 440 g/mol. The number of aromatic nitrogens is 1. The van der Waals surface area contributed by atoms with Gasteiger partial charge in [0.25, 0.3) is 0 Å². The molecule has 0 radical (unpaired) electrons. The molecule has 2 fully saturated rings. The van der Waals surface area contributed by atoms with Crippen LogP contribution in [0.5, 0.6) is 0 Å². The number of rotatable bonds is 6. The van der Waals surface area contributed by atoms with E-state index in [1.807, 2.05) is 42.4 Å². The first-order chi connectivity index (χ1) is 15.0. The van der Waals surface area contributed by atoms with Crippen molar-refractivity contribution in [1.29, 1.82) is 0 Å². The molecule has 1 unspecified atom stereocenters. The van der Waals surface area contributed by atoms with Gasteiger partial charge in [0.1, 0.15) is 0 Å². The number of hydrogen-bond acceptors (Lipinski definition) is 4. The smallest absolute Gasteiger partial charge is 0.228 e. The zero-order valence-electron chi connectivity index (χ0n) is 17.9. The van der Waals surface area contributed by atoms with Crippen molar-refractivity contribution in [2.45, 2.75) is 31.7 Å². The summed E-state index contributed by atoms with van der Waals surface area (Å²) in [7, 11) is 1.89. The number of pyridine rings is 1. The van der Waals surface area contributed by atoms with Crippen LogP contribution >= 0.6 is 11.6 Å². The van der Waals surface area contributed by atoms with Gasteiger partial charge in [-0.05, 0) is 49.2 Å². The van der Waals surface area contributed by atoms with Crippen molar-refractivity contribution < 1.29 is 9.59 Å². The van der Waals surface area contributed by atoms with Crippen molar-refractivity contribution in [1.82, 2.24) is 14.8 Å². The number of amides is 2. The van der Waals surface area contributed by atoms with E-state index in [-0.39, 0.29) is 30.2 Å². The molecule has 31 heavy (non-hydrogen) atoms. The zero-order chi connectivity index (χ0) is 21.8. The summed E-state index contributed by atoms with van der Waals surface area (Å²) in [4.78, 5) is 36.1. The molecule has 2 aliphatic rings. The second-order valence-electron chi connectivity index (χ2n) is 8.47. The molecule has 2 saturated heterocycles. The average molecular weight is 441 g/mol. The predicted octanol–water partition coefficient (Wildman–Crippen LogP) is 3.25. The lowest BCUT2D eigenvalue weighted by Gasteiger charge is -2.37. The largest absolute Gasteiger partial charge is 0.342 e. The SMILES string of the molecule is CN(C(=O)C1CC(=O)N(c2ccc(Cl)cc2)C1)C1CCN(CCc2ccccn2)CC1. The number of likely N-dealkylation sites (tertiary alicyclic amines) is 1. The molecule has 0 N–H and O–H groups in total. The van der Waals surface area contributed by atoms with Gasteiger partial charge in [-0.3, -0.25) is 14.6 Å². The quantitative estimate of drug-likeness (QED) is 0.691. The summed E-state index contributed by atoms with van der Waals surface area (Å²) in [6, 6.07) is 13.5. The van der Waals surface area contributed by atoms with Crippen LogP contribution in [-0.4, -0.2) is 65.9 Å². The molecule has 0 spiro atoms. The van der Waals surface area contributed by atoms with Gasteiger partial charge in [-0.15, -0.1) is 0 Å². The maximum absolute atomic E-state index is 13.1. The van der Waals surface area contributed by atoms with Crippen molar-refractivity contribution >= 4 is 29.1 Å². The molecule has 0 saturated carbocycles. The van der Waals surface area contributed by atoms with Gasteiger partial charge in [-0.2, -0.15) is 0 Å². The third-order valence-electron chi connectivity index (χ3n) is 6.48. The van der Waals surface area contributed by atoms with Crippen LogP contribution in [0.4, 0.5) is 5.69 Å². The normalized spacial score (nSPS) is 20.3. The second kappa shape index (κ2) is 9.79. The molecule has 1 aromatic carbocycles. The summed E-state index contributed by atoms with van der Waals surface area (Å²) in [6.07, 6.45) is 4.99. The van der Waals surface area contributed by atoms with E-state index >= 15 is 0 Å². The number of nitrogens with zero attached hydrogens (tertiary/aromatic N) is 4. The van der Waals surface area contributed by atoms with Crippen LogP contribution in [0, 0.1) is 5.92 Å². The summed E-state index contributed by atoms with van der Waals surface area (Å²) in [5, 5.41) is 0.633. The molecule has 164 valence electrons. The van der Waals surface area contributed by atoms with Gasteiger partial charge < -0.3 is 14.7 Å². The average Bonchev–Trinajstić information content (AvgIpc) is 3.20. The molecule has 4 rings (SSSR count). The highest BCUT2D eigenvalue weighted by atomic mass is 35.5. The van der Waals surface area contributed by atoms with E-state index in [4.69, 9.17) is 11.6 Å². The fourth-order valence-electron chi connectivity index (χ4n) is 4.56. The summed E-state index contributed by atoms with van der Waals surface area (Å²) >= 11 is 5.95. The molecule has 0 bridgehead atoms. The van der Waals surface area contributed by atoms with Crippen LogP contribution in [0.15, 0.2) is 48.7 Å². The van der Waals surface area contributed by atoms with Gasteiger partial charge in [0.05, 0.1) is 5.92 Å². The highest BCUT2D eigenvalue weighted by molar-refractivity contribution is 6.30. The first-order valence-electron chi connectivity index (χ1n) is 11.0. The highest BCUT2D eigenvalue weighted by Gasteiger charge is 2.38. The molecule has 7 heteroatoms. The Morgan fingerprint density at radius 1 is 1.16 bits per heavy atom. The molecular weight excluding hydrogens is 412 g/mol. The maximum Gasteiger partial charge on any atom is 0.228 e. The minimum Gasteiger partial charge on any atom is -0.342 e. The van der Waals surface area contributed by atoms with Crippen molar-refractivity contribution in [2.24, 2.45) is 5.92 Å². The molecule has 2 aliphatic heterocycles. The number of halogens is 1. The maximum atomic E-state index is 13.1. The Morgan fingerprint density at radius 2 is 1.90 bits per heavy atom. The number of anilines is 1. The van der Waals surface area contributed by atoms with Crippen LogP contribution < -0.4 is 4.90 Å². The van der Waals surface area contributed by atoms with Crippen molar-refractivity contribution in [3.05, 3.63) is 59.4 Å². The molecule has 1 atom stereocenters. The second-order valence-corrected chi connectivity index (χ2v) is 8.91. The Kier molecular flexibility index (Phi) is 6.88. The van der Waals surface area contributed by atoms with Gasteiger partial charge in [0.2, 0.25) is 11.8 Å². The van der Waals surface area contributed by atoms with Gasteiger partial charge in [-0.1, -0.05) is 17.7 Å². The van der Waals surface area contributed by atoms with Crippen LogP contribution in [0.3, 0.4) is 0 Å². The Labute approximate surface area is 188 Å². The molecule has 6 nitrogen and oxygen atoms in total. The van der Waals surface area contributed by atoms with Crippen LogP contribution in [0.1, 0.15) is 25.0 Å². The van der Waals surface area contributed by atoms with E-state index in [1.165, 1.54) is 0 Å². The van der Waals surface area contributed by atoms with Gasteiger partial charge in [-0.25, -0.2) is 0 Å². The lowest BCUT2D eigenvalue weighted by Crippen LogP contribution is -2.48. The first-order valence-corrected chi connectivity index (χ1v) is 11.3. The molecule has 0 aliphatic carbocycles. The number of carbonyl (C=O) groups excluding carboxylic acids is 2. The van der Waals surface area contributed by atoms with E-state index < -0.39 is 0 Å². The Morgan fingerprint density at radius 3 is 2.58 bits per heavy atom. The van der Waals surface area contributed by atoms with E-state index in [0.717, 1.165) is 50.3 Å². The van der Waals surface area contributed by atoms with Crippen LogP contribution in [-0.2, 0) is 16.0 Å².